The van der Waals surface area contributed by atoms with Gasteiger partial charge in [0.2, 0.25) is 5.91 Å². The third-order valence-electron chi connectivity index (χ3n) is 2.82. The Kier molecular flexibility index (Phi) is 4.45. The topological polar surface area (TPSA) is 95.4 Å². The standard InChI is InChI=1S/C15H13ClN2O3/c16-13-7-9(14(18)19)4-5-11(13)8-21-15(20)10-2-1-3-12(17)6-10/h1-7H,8,17H2,(H2,18,19). The van der Waals surface area contributed by atoms with Crippen molar-refractivity contribution in [3.05, 3.63) is 64.2 Å². The molecule has 4 N–H and O–H groups in total. The van der Waals surface area contributed by atoms with Gasteiger partial charge in [0.25, 0.3) is 0 Å². The number of rotatable bonds is 4. The molecule has 0 atom stereocenters. The van der Waals surface area contributed by atoms with Gasteiger partial charge in [-0.15, -0.1) is 0 Å². The normalized spacial score (nSPS) is 10.1. The van der Waals surface area contributed by atoms with E-state index in [1.807, 2.05) is 0 Å². The number of primary amides is 1. The van der Waals surface area contributed by atoms with Gasteiger partial charge in [-0.05, 0) is 30.3 Å². The second-order valence-electron chi connectivity index (χ2n) is 4.37. The fourth-order valence-corrected chi connectivity index (χ4v) is 1.95. The number of hydrogen-bond donors (Lipinski definition) is 2. The summed E-state index contributed by atoms with van der Waals surface area (Å²) in [5.74, 6) is -1.07. The van der Waals surface area contributed by atoms with Crippen molar-refractivity contribution in [3.63, 3.8) is 0 Å². The zero-order valence-electron chi connectivity index (χ0n) is 11.0. The Balaban J connectivity index is 2.06. The van der Waals surface area contributed by atoms with Crippen LogP contribution in [0.3, 0.4) is 0 Å². The molecule has 0 fully saturated rings. The summed E-state index contributed by atoms with van der Waals surface area (Å²) in [6.07, 6.45) is 0. The van der Waals surface area contributed by atoms with Gasteiger partial charge in [-0.2, -0.15) is 0 Å². The molecule has 2 aromatic rings. The van der Waals surface area contributed by atoms with E-state index in [1.54, 1.807) is 24.3 Å². The number of anilines is 1. The van der Waals surface area contributed by atoms with Gasteiger partial charge in [0.1, 0.15) is 6.61 Å². The number of halogens is 1. The second kappa shape index (κ2) is 6.28. The molecule has 0 saturated heterocycles. The molecule has 0 heterocycles. The number of hydrogen-bond acceptors (Lipinski definition) is 4. The molecule has 0 aliphatic rings. The van der Waals surface area contributed by atoms with Crippen LogP contribution in [0.1, 0.15) is 26.3 Å². The van der Waals surface area contributed by atoms with E-state index in [1.165, 1.54) is 18.2 Å². The summed E-state index contributed by atoms with van der Waals surface area (Å²) in [6.45, 7) is -0.00842. The van der Waals surface area contributed by atoms with Gasteiger partial charge >= 0.3 is 5.97 Å². The van der Waals surface area contributed by atoms with Gasteiger partial charge < -0.3 is 16.2 Å². The van der Waals surface area contributed by atoms with Crippen LogP contribution in [0.15, 0.2) is 42.5 Å². The van der Waals surface area contributed by atoms with Crippen LogP contribution < -0.4 is 11.5 Å². The van der Waals surface area contributed by atoms with E-state index in [9.17, 15) is 9.59 Å². The molecule has 1 amide bonds. The van der Waals surface area contributed by atoms with Crippen molar-refractivity contribution in [3.8, 4) is 0 Å². The summed E-state index contributed by atoms with van der Waals surface area (Å²) >= 11 is 6.01. The van der Waals surface area contributed by atoms with E-state index in [2.05, 4.69) is 0 Å². The van der Waals surface area contributed by atoms with Crippen molar-refractivity contribution in [2.75, 3.05) is 5.73 Å². The van der Waals surface area contributed by atoms with Gasteiger partial charge in [0.05, 0.1) is 5.56 Å². The molecule has 2 aromatic carbocycles. The maximum absolute atomic E-state index is 11.9. The largest absolute Gasteiger partial charge is 0.457 e. The van der Waals surface area contributed by atoms with Gasteiger partial charge in [-0.25, -0.2) is 4.79 Å². The summed E-state index contributed by atoms with van der Waals surface area (Å²) in [7, 11) is 0. The molecule has 0 aliphatic carbocycles. The fraction of sp³-hybridized carbons (Fsp3) is 0.0667. The van der Waals surface area contributed by atoms with E-state index >= 15 is 0 Å². The zero-order valence-corrected chi connectivity index (χ0v) is 11.8. The minimum atomic E-state index is -0.569. The lowest BCUT2D eigenvalue weighted by atomic mass is 10.1. The summed E-state index contributed by atoms with van der Waals surface area (Å²) in [5.41, 5.74) is 12.5. The van der Waals surface area contributed by atoms with Crippen LogP contribution >= 0.6 is 11.6 Å². The Morgan fingerprint density at radius 3 is 2.48 bits per heavy atom. The maximum Gasteiger partial charge on any atom is 0.338 e. The van der Waals surface area contributed by atoms with Crippen LogP contribution in [0.2, 0.25) is 5.02 Å². The molecule has 2 rings (SSSR count). The highest BCUT2D eigenvalue weighted by Gasteiger charge is 2.10. The first-order valence-electron chi connectivity index (χ1n) is 6.08. The molecule has 0 aliphatic heterocycles. The van der Waals surface area contributed by atoms with Crippen molar-refractivity contribution in [1.29, 1.82) is 0 Å². The number of carbonyl (C=O) groups is 2. The molecule has 21 heavy (non-hydrogen) atoms. The fourth-order valence-electron chi connectivity index (χ4n) is 1.71. The molecule has 0 radical (unpaired) electrons. The first-order valence-corrected chi connectivity index (χ1v) is 6.46. The second-order valence-corrected chi connectivity index (χ2v) is 4.78. The van der Waals surface area contributed by atoms with Crippen LogP contribution in [0, 0.1) is 0 Å². The number of carbonyl (C=O) groups excluding carboxylic acids is 2. The molecule has 0 aromatic heterocycles. The number of esters is 1. The van der Waals surface area contributed by atoms with Crippen LogP contribution in [-0.4, -0.2) is 11.9 Å². The first-order chi connectivity index (χ1) is 9.97. The summed E-state index contributed by atoms with van der Waals surface area (Å²) in [5, 5.41) is 0.312. The average Bonchev–Trinajstić information content (AvgIpc) is 2.45. The Bertz CT molecular complexity index is 701. The van der Waals surface area contributed by atoms with Gasteiger partial charge in [0, 0.05) is 21.8 Å². The van der Waals surface area contributed by atoms with Crippen LogP contribution in [0.5, 0.6) is 0 Å². The minimum Gasteiger partial charge on any atom is -0.457 e. The van der Waals surface area contributed by atoms with E-state index in [4.69, 9.17) is 27.8 Å². The first kappa shape index (κ1) is 14.9. The van der Waals surface area contributed by atoms with Crippen molar-refractivity contribution in [2.24, 2.45) is 5.73 Å². The number of ether oxygens (including phenoxy) is 1. The smallest absolute Gasteiger partial charge is 0.338 e. The Morgan fingerprint density at radius 2 is 1.86 bits per heavy atom. The Hall–Kier alpha value is -2.53. The van der Waals surface area contributed by atoms with Crippen LogP contribution in [0.4, 0.5) is 5.69 Å². The molecular weight excluding hydrogens is 292 g/mol. The van der Waals surface area contributed by atoms with Gasteiger partial charge in [-0.1, -0.05) is 23.7 Å². The summed E-state index contributed by atoms with van der Waals surface area (Å²) in [4.78, 5) is 22.9. The highest BCUT2D eigenvalue weighted by atomic mass is 35.5. The average molecular weight is 305 g/mol. The zero-order chi connectivity index (χ0) is 15.4. The molecule has 6 heteroatoms. The van der Waals surface area contributed by atoms with Crippen molar-refractivity contribution in [1.82, 2.24) is 0 Å². The molecule has 5 nitrogen and oxygen atoms in total. The predicted molar refractivity (Wildman–Crippen MR) is 79.9 cm³/mol. The highest BCUT2D eigenvalue weighted by molar-refractivity contribution is 6.31. The summed E-state index contributed by atoms with van der Waals surface area (Å²) < 4.78 is 5.16. The number of nitrogen functional groups attached to an aromatic ring is 1. The lowest BCUT2D eigenvalue weighted by Gasteiger charge is -2.08. The Labute approximate surface area is 126 Å². The van der Waals surface area contributed by atoms with E-state index < -0.39 is 11.9 Å². The lowest BCUT2D eigenvalue weighted by Crippen LogP contribution is -2.11. The summed E-state index contributed by atoms with van der Waals surface area (Å²) in [6, 6.07) is 11.0. The van der Waals surface area contributed by atoms with E-state index in [0.29, 0.717) is 27.4 Å². The van der Waals surface area contributed by atoms with Crippen molar-refractivity contribution in [2.45, 2.75) is 6.61 Å². The Morgan fingerprint density at radius 1 is 1.10 bits per heavy atom. The maximum atomic E-state index is 11.9. The number of nitrogens with two attached hydrogens (primary N) is 2. The van der Waals surface area contributed by atoms with E-state index in [-0.39, 0.29) is 6.61 Å². The molecule has 108 valence electrons. The molecule has 0 unspecified atom stereocenters. The molecule has 0 spiro atoms. The monoisotopic (exact) mass is 304 g/mol. The van der Waals surface area contributed by atoms with Gasteiger partial charge in [0.15, 0.2) is 0 Å². The quantitative estimate of drug-likeness (QED) is 0.669. The van der Waals surface area contributed by atoms with E-state index in [0.717, 1.165) is 0 Å². The van der Waals surface area contributed by atoms with Crippen LogP contribution in [-0.2, 0) is 11.3 Å². The molecule has 0 bridgehead atoms. The van der Waals surface area contributed by atoms with Crippen molar-refractivity contribution < 1.29 is 14.3 Å². The van der Waals surface area contributed by atoms with Gasteiger partial charge in [-0.3, -0.25) is 4.79 Å². The van der Waals surface area contributed by atoms with Crippen LogP contribution in [0.25, 0.3) is 0 Å². The van der Waals surface area contributed by atoms with Crippen molar-refractivity contribution >= 4 is 29.2 Å². The highest BCUT2D eigenvalue weighted by Crippen LogP contribution is 2.19. The third kappa shape index (κ3) is 3.73. The number of amides is 1. The third-order valence-corrected chi connectivity index (χ3v) is 3.17. The minimum absolute atomic E-state index is 0.00842. The molecular formula is C15H13ClN2O3. The lowest BCUT2D eigenvalue weighted by molar-refractivity contribution is 0.0472. The molecule has 0 saturated carbocycles. The SMILES string of the molecule is NC(=O)c1ccc(COC(=O)c2cccc(N)c2)c(Cl)c1. The predicted octanol–water partition coefficient (Wildman–Crippen LogP) is 2.38. The number of benzene rings is 2.